The smallest absolute Gasteiger partial charge is 0.324 e. The largest absolute Gasteiger partial charge is 0.325 e. The van der Waals surface area contributed by atoms with Crippen molar-refractivity contribution in [1.29, 1.82) is 0 Å². The van der Waals surface area contributed by atoms with Crippen LogP contribution in [0.2, 0.25) is 0 Å². The van der Waals surface area contributed by atoms with E-state index in [2.05, 4.69) is 17.6 Å². The molecule has 2 saturated heterocycles. The molecule has 0 radical (unpaired) electrons. The number of benzene rings is 1. The van der Waals surface area contributed by atoms with Crippen LogP contribution in [0, 0.1) is 5.92 Å². The van der Waals surface area contributed by atoms with Gasteiger partial charge in [-0.05, 0) is 62.6 Å². The summed E-state index contributed by atoms with van der Waals surface area (Å²) in [4.78, 5) is 39.1. The van der Waals surface area contributed by atoms with E-state index in [0.717, 1.165) is 43.4 Å². The highest BCUT2D eigenvalue weighted by molar-refractivity contribution is 7.89. The molecule has 9 nitrogen and oxygen atoms in total. The van der Waals surface area contributed by atoms with E-state index in [4.69, 9.17) is 0 Å². The Labute approximate surface area is 194 Å². The van der Waals surface area contributed by atoms with Crippen molar-refractivity contribution in [3.05, 3.63) is 24.3 Å². The molecule has 1 saturated carbocycles. The number of amides is 4. The summed E-state index contributed by atoms with van der Waals surface area (Å²) in [6.07, 6.45) is 6.57. The minimum Gasteiger partial charge on any atom is -0.324 e. The van der Waals surface area contributed by atoms with E-state index in [1.54, 1.807) is 12.1 Å². The highest BCUT2D eigenvalue weighted by Crippen LogP contribution is 2.36. The van der Waals surface area contributed by atoms with Crippen LogP contribution in [0.3, 0.4) is 0 Å². The molecule has 3 fully saturated rings. The number of carbonyl (C=O) groups excluding carboxylic acids is 3. The highest BCUT2D eigenvalue weighted by Gasteiger charge is 2.52. The predicted molar refractivity (Wildman–Crippen MR) is 123 cm³/mol. The van der Waals surface area contributed by atoms with E-state index in [1.165, 1.54) is 16.4 Å². The van der Waals surface area contributed by atoms with E-state index >= 15 is 0 Å². The summed E-state index contributed by atoms with van der Waals surface area (Å²) in [7, 11) is -3.65. The molecule has 1 spiro atoms. The summed E-state index contributed by atoms with van der Waals surface area (Å²) in [5.74, 6) is -0.397. The van der Waals surface area contributed by atoms with Crippen LogP contribution < -0.4 is 10.6 Å². The number of rotatable bonds is 5. The van der Waals surface area contributed by atoms with E-state index in [1.807, 2.05) is 0 Å². The molecular formula is C23H32N4O5S. The van der Waals surface area contributed by atoms with Crippen LogP contribution >= 0.6 is 0 Å². The van der Waals surface area contributed by atoms with E-state index in [0.29, 0.717) is 37.5 Å². The van der Waals surface area contributed by atoms with Crippen LogP contribution in [-0.4, -0.2) is 60.6 Å². The van der Waals surface area contributed by atoms with Gasteiger partial charge in [-0.3, -0.25) is 14.5 Å². The molecule has 10 heteroatoms. The molecule has 1 aromatic carbocycles. The summed E-state index contributed by atoms with van der Waals surface area (Å²) >= 11 is 0. The Hall–Kier alpha value is -2.46. The van der Waals surface area contributed by atoms with Crippen LogP contribution in [0.1, 0.15) is 58.3 Å². The highest BCUT2D eigenvalue weighted by atomic mass is 32.2. The van der Waals surface area contributed by atoms with Gasteiger partial charge in [0.15, 0.2) is 0 Å². The third-order valence-electron chi connectivity index (χ3n) is 7.00. The third-order valence-corrected chi connectivity index (χ3v) is 8.89. The molecule has 1 aliphatic carbocycles. The number of nitrogens with one attached hydrogen (secondary N) is 2. The van der Waals surface area contributed by atoms with Crippen molar-refractivity contribution in [2.45, 2.75) is 68.7 Å². The van der Waals surface area contributed by atoms with Gasteiger partial charge >= 0.3 is 6.03 Å². The fraction of sp³-hybridized carbons (Fsp3) is 0.609. The lowest BCUT2D eigenvalue weighted by Crippen LogP contribution is -2.49. The number of hydrogen-bond donors (Lipinski definition) is 2. The van der Waals surface area contributed by atoms with Crippen LogP contribution in [0.15, 0.2) is 29.2 Å². The van der Waals surface area contributed by atoms with Crippen molar-refractivity contribution in [2.75, 3.05) is 25.0 Å². The van der Waals surface area contributed by atoms with Crippen LogP contribution in [0.25, 0.3) is 0 Å². The average Bonchev–Trinajstić information content (AvgIpc) is 2.99. The Morgan fingerprint density at radius 1 is 1.12 bits per heavy atom. The second kappa shape index (κ2) is 9.42. The molecule has 0 aromatic heterocycles. The Kier molecular flexibility index (Phi) is 6.76. The van der Waals surface area contributed by atoms with Gasteiger partial charge < -0.3 is 10.6 Å². The van der Waals surface area contributed by atoms with Crippen LogP contribution in [0.5, 0.6) is 0 Å². The van der Waals surface area contributed by atoms with E-state index in [-0.39, 0.29) is 10.8 Å². The Bertz CT molecular complexity index is 1030. The Morgan fingerprint density at radius 3 is 2.45 bits per heavy atom. The van der Waals surface area contributed by atoms with Gasteiger partial charge in [-0.15, -0.1) is 0 Å². The molecular weight excluding hydrogens is 444 g/mol. The SMILES string of the molecule is CC1CCC2(CC1)NC(=O)N(CC(=O)Nc1cccc(S(=O)(=O)N3CCCCCC3)c1)C2=O. The van der Waals surface area contributed by atoms with Gasteiger partial charge in [0, 0.05) is 18.8 Å². The van der Waals surface area contributed by atoms with Crippen molar-refractivity contribution in [3.63, 3.8) is 0 Å². The Morgan fingerprint density at radius 2 is 1.79 bits per heavy atom. The lowest BCUT2D eigenvalue weighted by Gasteiger charge is -2.33. The second-order valence-corrected chi connectivity index (χ2v) is 11.4. The summed E-state index contributed by atoms with van der Waals surface area (Å²) in [6.45, 7) is 2.70. The first-order valence-electron chi connectivity index (χ1n) is 11.8. The third kappa shape index (κ3) is 4.91. The monoisotopic (exact) mass is 476 g/mol. The number of urea groups is 1. The maximum atomic E-state index is 13.0. The lowest BCUT2D eigenvalue weighted by molar-refractivity contribution is -0.135. The first-order valence-corrected chi connectivity index (χ1v) is 13.2. The van der Waals surface area contributed by atoms with Gasteiger partial charge in [0.2, 0.25) is 15.9 Å². The molecule has 1 aromatic rings. The molecule has 33 heavy (non-hydrogen) atoms. The maximum absolute atomic E-state index is 13.0. The number of nitrogens with zero attached hydrogens (tertiary/aromatic N) is 2. The zero-order chi connectivity index (χ0) is 23.6. The van der Waals surface area contributed by atoms with Gasteiger partial charge in [0.25, 0.3) is 5.91 Å². The molecule has 2 aliphatic heterocycles. The maximum Gasteiger partial charge on any atom is 0.325 e. The van der Waals surface area contributed by atoms with Crippen molar-refractivity contribution in [1.82, 2.24) is 14.5 Å². The minimum atomic E-state index is -3.65. The summed E-state index contributed by atoms with van der Waals surface area (Å²) < 4.78 is 27.6. The fourth-order valence-electron chi connectivity index (χ4n) is 4.92. The normalized spacial score (nSPS) is 26.8. The number of imide groups is 1. The summed E-state index contributed by atoms with van der Waals surface area (Å²) in [5, 5.41) is 5.44. The number of hydrogen-bond acceptors (Lipinski definition) is 5. The molecule has 0 unspecified atom stereocenters. The molecule has 2 N–H and O–H groups in total. The van der Waals surface area contributed by atoms with Gasteiger partial charge in [0.05, 0.1) is 4.90 Å². The van der Waals surface area contributed by atoms with Crippen molar-refractivity contribution in [3.8, 4) is 0 Å². The topological polar surface area (TPSA) is 116 Å². The van der Waals surface area contributed by atoms with E-state index in [9.17, 15) is 22.8 Å². The standard InChI is InChI=1S/C23H32N4O5S/c1-17-9-11-23(12-10-17)21(29)27(22(30)25-23)16-20(28)24-18-7-6-8-19(15-18)33(31,32)26-13-4-2-3-5-14-26/h6-8,15,17H,2-5,9-14,16H2,1H3,(H,24,28)(H,25,30). The lowest BCUT2D eigenvalue weighted by atomic mass is 9.77. The molecule has 4 amide bonds. The number of anilines is 1. The molecule has 180 valence electrons. The van der Waals surface area contributed by atoms with E-state index < -0.39 is 34.0 Å². The van der Waals surface area contributed by atoms with Gasteiger partial charge in [-0.2, -0.15) is 4.31 Å². The molecule has 0 bridgehead atoms. The summed E-state index contributed by atoms with van der Waals surface area (Å²) in [6, 6.07) is 5.55. The molecule has 3 aliphatic rings. The number of sulfonamides is 1. The predicted octanol–water partition coefficient (Wildman–Crippen LogP) is 2.69. The molecule has 4 rings (SSSR count). The van der Waals surface area contributed by atoms with Crippen LogP contribution in [0.4, 0.5) is 10.5 Å². The molecule has 2 heterocycles. The quantitative estimate of drug-likeness (QED) is 0.634. The minimum absolute atomic E-state index is 0.118. The van der Waals surface area contributed by atoms with Crippen molar-refractivity contribution in [2.24, 2.45) is 5.92 Å². The van der Waals surface area contributed by atoms with Gasteiger partial charge in [-0.1, -0.05) is 25.8 Å². The van der Waals surface area contributed by atoms with Crippen molar-refractivity contribution >= 4 is 33.6 Å². The van der Waals surface area contributed by atoms with Gasteiger partial charge in [-0.25, -0.2) is 13.2 Å². The first-order chi connectivity index (χ1) is 15.7. The average molecular weight is 477 g/mol. The summed E-state index contributed by atoms with van der Waals surface area (Å²) in [5.41, 5.74) is -0.588. The zero-order valence-electron chi connectivity index (χ0n) is 19.0. The molecule has 0 atom stereocenters. The zero-order valence-corrected chi connectivity index (χ0v) is 19.8. The Balaban J connectivity index is 1.42. The van der Waals surface area contributed by atoms with Gasteiger partial charge in [0.1, 0.15) is 12.1 Å². The van der Waals surface area contributed by atoms with Crippen LogP contribution in [-0.2, 0) is 19.6 Å². The number of carbonyl (C=O) groups is 3. The fourth-order valence-corrected chi connectivity index (χ4v) is 6.49. The second-order valence-electron chi connectivity index (χ2n) is 9.48. The first kappa shape index (κ1) is 23.7. The van der Waals surface area contributed by atoms with Crippen molar-refractivity contribution < 1.29 is 22.8 Å².